The highest BCUT2D eigenvalue weighted by Gasteiger charge is 2.00. The molecule has 0 aromatic heterocycles. The van der Waals surface area contributed by atoms with Gasteiger partial charge in [-0.15, -0.1) is 12.4 Å². The van der Waals surface area contributed by atoms with Crippen LogP contribution < -0.4 is 10.5 Å². The lowest BCUT2D eigenvalue weighted by Gasteiger charge is -2.06. The molecule has 0 radical (unpaired) electrons. The molecule has 0 unspecified atom stereocenters. The molecule has 2 nitrogen and oxygen atoms in total. The summed E-state index contributed by atoms with van der Waals surface area (Å²) in [5.74, 6) is 0.663. The Morgan fingerprint density at radius 3 is 2.77 bits per heavy atom. The molecule has 0 saturated carbocycles. The van der Waals surface area contributed by atoms with Crippen LogP contribution in [0.5, 0.6) is 5.75 Å². The normalized spacial score (nSPS) is 9.15. The second kappa shape index (κ2) is 6.49. The predicted octanol–water partition coefficient (Wildman–Crippen LogP) is 2.86. The average Bonchev–Trinajstić information content (AvgIpc) is 2.07. The van der Waals surface area contributed by atoms with Crippen molar-refractivity contribution in [1.82, 2.24) is 0 Å². The van der Waals surface area contributed by atoms with E-state index in [1.807, 2.05) is 12.1 Å². The number of hydrogen-bond acceptors (Lipinski definition) is 2. The lowest BCUT2D eigenvalue weighted by atomic mass is 10.3. The van der Waals surface area contributed by atoms with Gasteiger partial charge < -0.3 is 10.5 Å². The fourth-order valence-corrected chi connectivity index (χ4v) is 1.27. The Bertz CT molecular complexity index is 270. The molecule has 0 heterocycles. The Balaban J connectivity index is 0.00000144. The van der Waals surface area contributed by atoms with Gasteiger partial charge in [-0.1, -0.05) is 27.5 Å². The van der Waals surface area contributed by atoms with Crippen molar-refractivity contribution in [2.75, 3.05) is 13.2 Å². The minimum atomic E-state index is 0. The summed E-state index contributed by atoms with van der Waals surface area (Å²) in [6.45, 7) is 0.971. The molecule has 0 atom stereocenters. The van der Waals surface area contributed by atoms with Crippen molar-refractivity contribution < 1.29 is 4.74 Å². The molecule has 1 aromatic carbocycles. The van der Waals surface area contributed by atoms with Crippen LogP contribution in [0.3, 0.4) is 0 Å². The number of hydrogen-bond donors (Lipinski definition) is 1. The van der Waals surface area contributed by atoms with Crippen LogP contribution in [0.25, 0.3) is 0 Å². The predicted molar refractivity (Wildman–Crippen MR) is 60.9 cm³/mol. The van der Waals surface area contributed by atoms with E-state index in [0.29, 0.717) is 23.9 Å². The molecule has 0 fully saturated rings. The molecule has 0 saturated heterocycles. The molecule has 0 aliphatic heterocycles. The van der Waals surface area contributed by atoms with Gasteiger partial charge in [0.2, 0.25) is 0 Å². The average molecular weight is 287 g/mol. The maximum absolute atomic E-state index is 5.85. The van der Waals surface area contributed by atoms with Gasteiger partial charge in [0.25, 0.3) is 0 Å². The molecule has 0 aliphatic carbocycles. The topological polar surface area (TPSA) is 35.2 Å². The van der Waals surface area contributed by atoms with Crippen LogP contribution in [0.15, 0.2) is 22.7 Å². The standard InChI is InChI=1S/C8H9BrClNO.ClH/c9-6-1-2-7(10)8(5-6)12-4-3-11;/h1-2,5H,3-4,11H2;1H. The Morgan fingerprint density at radius 2 is 2.15 bits per heavy atom. The van der Waals surface area contributed by atoms with Crippen LogP contribution in [-0.4, -0.2) is 13.2 Å². The van der Waals surface area contributed by atoms with E-state index in [1.54, 1.807) is 6.07 Å². The molecule has 13 heavy (non-hydrogen) atoms. The highest BCUT2D eigenvalue weighted by Crippen LogP contribution is 2.27. The number of ether oxygens (including phenoxy) is 1. The summed E-state index contributed by atoms with van der Waals surface area (Å²) in [7, 11) is 0. The summed E-state index contributed by atoms with van der Waals surface area (Å²) in [6, 6.07) is 5.45. The van der Waals surface area contributed by atoms with Gasteiger partial charge in [0.15, 0.2) is 0 Å². The largest absolute Gasteiger partial charge is 0.491 e. The van der Waals surface area contributed by atoms with Crippen molar-refractivity contribution in [3.63, 3.8) is 0 Å². The number of benzene rings is 1. The van der Waals surface area contributed by atoms with E-state index in [9.17, 15) is 0 Å². The van der Waals surface area contributed by atoms with E-state index in [-0.39, 0.29) is 12.4 Å². The van der Waals surface area contributed by atoms with Gasteiger partial charge in [-0.3, -0.25) is 0 Å². The number of nitrogens with two attached hydrogens (primary N) is 1. The van der Waals surface area contributed by atoms with Crippen molar-refractivity contribution in [1.29, 1.82) is 0 Å². The Morgan fingerprint density at radius 1 is 1.46 bits per heavy atom. The summed E-state index contributed by atoms with van der Waals surface area (Å²) in [5, 5.41) is 0.603. The van der Waals surface area contributed by atoms with E-state index in [4.69, 9.17) is 22.1 Å². The molecule has 0 bridgehead atoms. The van der Waals surface area contributed by atoms with Gasteiger partial charge >= 0.3 is 0 Å². The van der Waals surface area contributed by atoms with Crippen LogP contribution in [0.1, 0.15) is 0 Å². The Kier molecular flexibility index (Phi) is 6.51. The fourth-order valence-electron chi connectivity index (χ4n) is 0.757. The van der Waals surface area contributed by atoms with Crippen molar-refractivity contribution in [2.24, 2.45) is 5.73 Å². The fraction of sp³-hybridized carbons (Fsp3) is 0.250. The summed E-state index contributed by atoms with van der Waals surface area (Å²) in [4.78, 5) is 0. The third kappa shape index (κ3) is 4.18. The molecule has 0 amide bonds. The van der Waals surface area contributed by atoms with Gasteiger partial charge in [0.1, 0.15) is 12.4 Å². The van der Waals surface area contributed by atoms with Gasteiger partial charge in [-0.05, 0) is 18.2 Å². The minimum absolute atomic E-state index is 0. The van der Waals surface area contributed by atoms with Crippen molar-refractivity contribution in [3.05, 3.63) is 27.7 Å². The van der Waals surface area contributed by atoms with Gasteiger partial charge in [0.05, 0.1) is 5.02 Å². The van der Waals surface area contributed by atoms with Crippen LogP contribution in [0, 0.1) is 0 Å². The zero-order valence-corrected chi connectivity index (χ0v) is 9.95. The third-order valence-corrected chi connectivity index (χ3v) is 2.07. The van der Waals surface area contributed by atoms with E-state index < -0.39 is 0 Å². The molecule has 2 N–H and O–H groups in total. The monoisotopic (exact) mass is 285 g/mol. The maximum Gasteiger partial charge on any atom is 0.139 e. The van der Waals surface area contributed by atoms with Crippen LogP contribution in [0.2, 0.25) is 5.02 Å². The maximum atomic E-state index is 5.85. The molecule has 0 aliphatic rings. The quantitative estimate of drug-likeness (QED) is 0.927. The molecular weight excluding hydrogens is 277 g/mol. The summed E-state index contributed by atoms with van der Waals surface area (Å²) < 4.78 is 6.22. The highest BCUT2D eigenvalue weighted by atomic mass is 79.9. The third-order valence-electron chi connectivity index (χ3n) is 1.27. The first kappa shape index (κ1) is 13.0. The van der Waals surface area contributed by atoms with E-state index in [1.165, 1.54) is 0 Å². The number of halogens is 3. The first-order valence-corrected chi connectivity index (χ1v) is 4.69. The molecule has 1 aromatic rings. The molecule has 5 heteroatoms. The zero-order valence-electron chi connectivity index (χ0n) is 6.80. The molecule has 74 valence electrons. The van der Waals surface area contributed by atoms with E-state index in [2.05, 4.69) is 15.9 Å². The van der Waals surface area contributed by atoms with Gasteiger partial charge in [-0.2, -0.15) is 0 Å². The van der Waals surface area contributed by atoms with E-state index >= 15 is 0 Å². The van der Waals surface area contributed by atoms with Crippen LogP contribution in [0.4, 0.5) is 0 Å². The lowest BCUT2D eigenvalue weighted by molar-refractivity contribution is 0.328. The van der Waals surface area contributed by atoms with Gasteiger partial charge in [-0.25, -0.2) is 0 Å². The van der Waals surface area contributed by atoms with Crippen molar-refractivity contribution in [3.8, 4) is 5.75 Å². The minimum Gasteiger partial charge on any atom is -0.491 e. The molecule has 1 rings (SSSR count). The van der Waals surface area contributed by atoms with Crippen molar-refractivity contribution >= 4 is 39.9 Å². The second-order valence-corrected chi connectivity index (χ2v) is 3.53. The summed E-state index contributed by atoms with van der Waals surface area (Å²) in [5.41, 5.74) is 5.28. The lowest BCUT2D eigenvalue weighted by Crippen LogP contribution is -2.10. The molecular formula is C8H10BrCl2NO. The zero-order chi connectivity index (χ0) is 8.97. The van der Waals surface area contributed by atoms with Gasteiger partial charge in [0, 0.05) is 11.0 Å². The highest BCUT2D eigenvalue weighted by molar-refractivity contribution is 9.10. The smallest absolute Gasteiger partial charge is 0.139 e. The van der Waals surface area contributed by atoms with E-state index in [0.717, 1.165) is 4.47 Å². The molecule has 0 spiro atoms. The van der Waals surface area contributed by atoms with Crippen molar-refractivity contribution in [2.45, 2.75) is 0 Å². The Hall–Kier alpha value is 0.0400. The van der Waals surface area contributed by atoms with Crippen LogP contribution in [-0.2, 0) is 0 Å². The summed E-state index contributed by atoms with van der Waals surface area (Å²) in [6.07, 6.45) is 0. The second-order valence-electron chi connectivity index (χ2n) is 2.21. The first-order chi connectivity index (χ1) is 5.74. The van der Waals surface area contributed by atoms with Crippen LogP contribution >= 0.6 is 39.9 Å². The SMILES string of the molecule is Cl.NCCOc1cc(Br)ccc1Cl. The number of rotatable bonds is 3. The Labute approximate surface area is 96.9 Å². The summed E-state index contributed by atoms with van der Waals surface area (Å²) >= 11 is 9.16. The first-order valence-electron chi connectivity index (χ1n) is 3.52.